The summed E-state index contributed by atoms with van der Waals surface area (Å²) in [6.07, 6.45) is 20.5. The summed E-state index contributed by atoms with van der Waals surface area (Å²) >= 11 is -0.0936. The van der Waals surface area contributed by atoms with E-state index in [1.165, 1.54) is 79.5 Å². The minimum atomic E-state index is -0.0936. The van der Waals surface area contributed by atoms with Crippen molar-refractivity contribution in [2.45, 2.75) is 43.6 Å². The summed E-state index contributed by atoms with van der Waals surface area (Å²) in [4.78, 5) is 13.1. The number of aromatic amines is 1. The van der Waals surface area contributed by atoms with Crippen molar-refractivity contribution >= 4 is 28.4 Å². The van der Waals surface area contributed by atoms with Crippen LogP contribution in [0.5, 0.6) is 0 Å². The molecule has 0 aliphatic carbocycles. The van der Waals surface area contributed by atoms with E-state index >= 15 is 0 Å². The molecule has 7 heteroatoms. The fourth-order valence-electron chi connectivity index (χ4n) is 7.03. The van der Waals surface area contributed by atoms with Crippen molar-refractivity contribution in [1.29, 1.82) is 0 Å². The van der Waals surface area contributed by atoms with Crippen molar-refractivity contribution in [3.05, 3.63) is 81.4 Å². The molecular weight excluding hydrogens is 633 g/mol. The van der Waals surface area contributed by atoms with Gasteiger partial charge in [-0.3, -0.25) is 0 Å². The van der Waals surface area contributed by atoms with E-state index in [4.69, 9.17) is 4.74 Å². The zero-order chi connectivity index (χ0) is 29.1. The maximum atomic E-state index is 5.59. The fraction of sp³-hybridized carbons (Fsp3) is 0.457. The maximum absolute atomic E-state index is 5.59. The van der Waals surface area contributed by atoms with E-state index in [0.29, 0.717) is 3.92 Å². The van der Waals surface area contributed by atoms with Crippen LogP contribution in [0.25, 0.3) is 17.0 Å². The van der Waals surface area contributed by atoms with Crippen molar-refractivity contribution in [3.8, 4) is 0 Å². The van der Waals surface area contributed by atoms with Gasteiger partial charge in [-0.1, -0.05) is 0 Å². The van der Waals surface area contributed by atoms with Crippen LogP contribution in [0.1, 0.15) is 36.5 Å². The normalized spacial score (nSPS) is 25.5. The molecule has 6 rings (SSSR count). The van der Waals surface area contributed by atoms with E-state index in [1.54, 1.807) is 0 Å². The Morgan fingerprint density at radius 1 is 1.12 bits per heavy atom. The van der Waals surface area contributed by atoms with Crippen LogP contribution in [0.4, 0.5) is 11.4 Å². The third-order valence-electron chi connectivity index (χ3n) is 9.43. The number of aromatic nitrogens is 2. The number of H-pyrrole nitrogens is 1. The molecule has 3 aromatic rings. The number of halogens is 1. The van der Waals surface area contributed by atoms with Gasteiger partial charge < -0.3 is 0 Å². The van der Waals surface area contributed by atoms with Crippen molar-refractivity contribution in [2.24, 2.45) is 0 Å². The zero-order valence-corrected chi connectivity index (χ0v) is 27.8. The predicted molar refractivity (Wildman–Crippen MR) is 171 cm³/mol. The van der Waals surface area contributed by atoms with Crippen LogP contribution >= 0.6 is 0 Å². The minimum absolute atomic E-state index is 0.0936. The topological polar surface area (TPSA) is 44.4 Å². The number of likely N-dealkylation sites (tertiary alicyclic amines) is 1. The Hall–Kier alpha value is -2.46. The van der Waals surface area contributed by atoms with E-state index in [1.807, 2.05) is 18.6 Å². The standard InChI is InChI=1S/C35H46IN5O/c1-5-40(34-12-11-33-32(27(34)3)13-16-38-33)35-26(2)23-37-24-28(35)9-10-29-7-6-8-30(36-29)25-41(4)19-14-31(15-20-41)39-17-21-42-22-18-39/h6-13,16,23-24,30-31,38H,5,14-15,17-22,25H2,1-4H3/b10-9+. The molecule has 1 atom stereocenters. The van der Waals surface area contributed by atoms with Crippen LogP contribution in [-0.2, 0) is 4.74 Å². The number of ether oxygens (including phenoxy) is 1. The molecule has 0 bridgehead atoms. The Kier molecular flexibility index (Phi) is 9.19. The second-order valence-corrected chi connectivity index (χ2v) is 15.8. The number of piperidine rings is 1. The summed E-state index contributed by atoms with van der Waals surface area (Å²) in [5.74, 6) is 0. The van der Waals surface area contributed by atoms with Gasteiger partial charge in [0.1, 0.15) is 0 Å². The number of nitrogens with one attached hydrogen (secondary N) is 1. The second kappa shape index (κ2) is 13.0. The number of rotatable bonds is 8. The van der Waals surface area contributed by atoms with Gasteiger partial charge in [0, 0.05) is 0 Å². The van der Waals surface area contributed by atoms with Gasteiger partial charge in [0.05, 0.1) is 0 Å². The van der Waals surface area contributed by atoms with Crippen molar-refractivity contribution in [2.75, 3.05) is 64.4 Å². The van der Waals surface area contributed by atoms with Crippen LogP contribution < -0.4 is 26.1 Å². The summed E-state index contributed by atoms with van der Waals surface area (Å²) in [7, 11) is 2.50. The van der Waals surface area contributed by atoms with Gasteiger partial charge in [0.15, 0.2) is 0 Å². The van der Waals surface area contributed by atoms with Crippen LogP contribution in [0, 0.1) is 13.8 Å². The molecule has 5 heterocycles. The monoisotopic (exact) mass is 679 g/mol. The molecule has 2 aromatic heterocycles. The molecule has 2 saturated heterocycles. The third-order valence-corrected chi connectivity index (χ3v) is 12.5. The van der Waals surface area contributed by atoms with Crippen molar-refractivity contribution < 1.29 is 30.4 Å². The zero-order valence-electron chi connectivity index (χ0n) is 25.7. The molecule has 1 aromatic carbocycles. The first-order valence-corrected chi connectivity index (χ1v) is 17.9. The van der Waals surface area contributed by atoms with E-state index in [0.717, 1.165) is 38.9 Å². The number of allylic oxidation sites excluding steroid dienone is 4. The van der Waals surface area contributed by atoms with Gasteiger partial charge >= 0.3 is 263 Å². The quantitative estimate of drug-likeness (QED) is 0.226. The number of anilines is 2. The molecule has 1 N–H and O–H groups in total. The fourth-order valence-corrected chi connectivity index (χ4v) is 10.4. The summed E-state index contributed by atoms with van der Waals surface area (Å²) in [5.41, 5.74) is 7.40. The summed E-state index contributed by atoms with van der Waals surface area (Å²) < 4.78 is 9.01. The van der Waals surface area contributed by atoms with E-state index < -0.39 is 0 Å². The molecule has 0 radical (unpaired) electrons. The number of benzene rings is 1. The van der Waals surface area contributed by atoms with Gasteiger partial charge in [0.25, 0.3) is 0 Å². The molecule has 0 amide bonds. The number of morpholine rings is 1. The van der Waals surface area contributed by atoms with Gasteiger partial charge in [-0.2, -0.15) is 0 Å². The molecule has 3 aliphatic rings. The number of pyridine rings is 1. The first kappa shape index (κ1) is 29.6. The van der Waals surface area contributed by atoms with Gasteiger partial charge in [-0.25, -0.2) is 0 Å². The molecule has 1 unspecified atom stereocenters. The molecule has 2 fully saturated rings. The van der Waals surface area contributed by atoms with Crippen molar-refractivity contribution in [3.63, 3.8) is 0 Å². The van der Waals surface area contributed by atoms with Gasteiger partial charge in [-0.15, -0.1) is 0 Å². The number of quaternary nitrogens is 1. The Balaban J connectivity index is 1.14. The Morgan fingerprint density at radius 2 is 1.93 bits per heavy atom. The molecule has 6 nitrogen and oxygen atoms in total. The first-order valence-electron chi connectivity index (χ1n) is 15.6. The summed E-state index contributed by atoms with van der Waals surface area (Å²) in [5, 5.41) is 1.28. The Labute approximate surface area is 262 Å². The second-order valence-electron chi connectivity index (χ2n) is 12.3. The van der Waals surface area contributed by atoms with E-state index in [2.05, 4.69) is 96.2 Å². The van der Waals surface area contributed by atoms with Gasteiger partial charge in [-0.05, 0) is 0 Å². The van der Waals surface area contributed by atoms with Crippen LogP contribution in [0.15, 0.2) is 64.7 Å². The van der Waals surface area contributed by atoms with E-state index in [9.17, 15) is 0 Å². The van der Waals surface area contributed by atoms with Gasteiger partial charge in [0.2, 0.25) is 0 Å². The predicted octanol–water partition coefficient (Wildman–Crippen LogP) is 3.20. The van der Waals surface area contributed by atoms with Crippen molar-refractivity contribution in [1.82, 2.24) is 14.9 Å². The Bertz CT molecular complexity index is 1480. The van der Waals surface area contributed by atoms with Crippen LogP contribution in [0.3, 0.4) is 0 Å². The van der Waals surface area contributed by atoms with Crippen LogP contribution in [-0.4, -0.2) is 88.8 Å². The molecule has 42 heavy (non-hydrogen) atoms. The Morgan fingerprint density at radius 3 is 2.71 bits per heavy atom. The number of aryl methyl sites for hydroxylation is 2. The molecule has 0 saturated carbocycles. The van der Waals surface area contributed by atoms with E-state index in [-0.39, 0.29) is 21.2 Å². The average molecular weight is 680 g/mol. The SMILES string of the molecule is CCN(c1ccc2[nH]ccc2c1C)c1c(C)cncc1/C=C/C1=CC=CC(C[N+]2(C)CCC(N3CCOCC3)CC2)[I-]1. The summed E-state index contributed by atoms with van der Waals surface area (Å²) in [6.45, 7) is 15.5. The third kappa shape index (κ3) is 6.39. The average Bonchev–Trinajstić information content (AvgIpc) is 3.49. The molecule has 224 valence electrons. The number of hydrogen-bond donors (Lipinski definition) is 1. The number of nitrogens with zero attached hydrogens (tertiary/aromatic N) is 4. The number of hydrogen-bond acceptors (Lipinski definition) is 4. The van der Waals surface area contributed by atoms with Crippen LogP contribution in [0.2, 0.25) is 0 Å². The number of fused-ring (bicyclic) bond motifs is 1. The first-order chi connectivity index (χ1) is 20.4. The number of alkyl halides is 1. The molecular formula is C35H46IN5O. The molecule has 0 spiro atoms. The molecule has 3 aliphatic heterocycles. The summed E-state index contributed by atoms with van der Waals surface area (Å²) in [6, 6.07) is 7.39.